The van der Waals surface area contributed by atoms with Gasteiger partial charge >= 0.3 is 6.03 Å². The SMILES string of the molecule is CCCC(c1ccc(F)cc1)N(C)C(=O)Nc1ccc(OC)cc1. The van der Waals surface area contributed by atoms with Crippen LogP contribution in [0.5, 0.6) is 5.75 Å². The van der Waals surface area contributed by atoms with Gasteiger partial charge in [-0.25, -0.2) is 9.18 Å². The third-order valence-corrected chi connectivity index (χ3v) is 3.95. The molecule has 4 nitrogen and oxygen atoms in total. The Morgan fingerprint density at radius 1 is 1.17 bits per heavy atom. The van der Waals surface area contributed by atoms with Crippen LogP contribution in [0.15, 0.2) is 48.5 Å². The van der Waals surface area contributed by atoms with E-state index in [0.717, 1.165) is 24.2 Å². The number of ether oxygens (including phenoxy) is 1. The van der Waals surface area contributed by atoms with Crippen molar-refractivity contribution in [1.29, 1.82) is 0 Å². The number of carbonyl (C=O) groups excluding carboxylic acids is 1. The van der Waals surface area contributed by atoms with Gasteiger partial charge in [-0.1, -0.05) is 25.5 Å². The van der Waals surface area contributed by atoms with Crippen molar-refractivity contribution in [3.05, 3.63) is 59.9 Å². The number of hydrogen-bond acceptors (Lipinski definition) is 2. The lowest BCUT2D eigenvalue weighted by Crippen LogP contribution is -2.34. The molecule has 24 heavy (non-hydrogen) atoms. The minimum atomic E-state index is -0.278. The summed E-state index contributed by atoms with van der Waals surface area (Å²) in [6.07, 6.45) is 1.72. The highest BCUT2D eigenvalue weighted by Gasteiger charge is 2.21. The van der Waals surface area contributed by atoms with Crippen molar-refractivity contribution in [2.75, 3.05) is 19.5 Å². The van der Waals surface area contributed by atoms with Gasteiger partial charge in [0, 0.05) is 12.7 Å². The van der Waals surface area contributed by atoms with E-state index >= 15 is 0 Å². The molecule has 2 aromatic carbocycles. The Morgan fingerprint density at radius 3 is 2.33 bits per heavy atom. The van der Waals surface area contributed by atoms with Crippen LogP contribution >= 0.6 is 0 Å². The Morgan fingerprint density at radius 2 is 1.79 bits per heavy atom. The molecule has 0 radical (unpaired) electrons. The van der Waals surface area contributed by atoms with E-state index < -0.39 is 0 Å². The van der Waals surface area contributed by atoms with Crippen LogP contribution in [0.4, 0.5) is 14.9 Å². The second-order valence-corrected chi connectivity index (χ2v) is 5.63. The monoisotopic (exact) mass is 330 g/mol. The highest BCUT2D eigenvalue weighted by molar-refractivity contribution is 5.89. The topological polar surface area (TPSA) is 41.6 Å². The Hall–Kier alpha value is -2.56. The first kappa shape index (κ1) is 17.8. The Kier molecular flexibility index (Phi) is 6.18. The molecule has 0 saturated carbocycles. The summed E-state index contributed by atoms with van der Waals surface area (Å²) in [4.78, 5) is 14.2. The van der Waals surface area contributed by atoms with Crippen LogP contribution in [0.3, 0.4) is 0 Å². The van der Waals surface area contributed by atoms with Crippen LogP contribution in [0.1, 0.15) is 31.4 Å². The highest BCUT2D eigenvalue weighted by Crippen LogP contribution is 2.26. The van der Waals surface area contributed by atoms with Crippen LogP contribution in [-0.2, 0) is 0 Å². The smallest absolute Gasteiger partial charge is 0.322 e. The number of hydrogen-bond donors (Lipinski definition) is 1. The fourth-order valence-electron chi connectivity index (χ4n) is 2.57. The Bertz CT molecular complexity index is 656. The van der Waals surface area contributed by atoms with Crippen molar-refractivity contribution >= 4 is 11.7 Å². The minimum absolute atomic E-state index is 0.103. The van der Waals surface area contributed by atoms with Gasteiger partial charge in [0.05, 0.1) is 13.2 Å². The minimum Gasteiger partial charge on any atom is -0.497 e. The van der Waals surface area contributed by atoms with E-state index in [1.54, 1.807) is 55.5 Å². The van der Waals surface area contributed by atoms with Crippen LogP contribution < -0.4 is 10.1 Å². The van der Waals surface area contributed by atoms with E-state index in [-0.39, 0.29) is 17.9 Å². The summed E-state index contributed by atoms with van der Waals surface area (Å²) in [7, 11) is 3.35. The number of urea groups is 1. The number of nitrogens with zero attached hydrogens (tertiary/aromatic N) is 1. The fourth-order valence-corrected chi connectivity index (χ4v) is 2.57. The molecule has 128 valence electrons. The maximum Gasteiger partial charge on any atom is 0.322 e. The lowest BCUT2D eigenvalue weighted by atomic mass is 10.0. The molecule has 0 saturated heterocycles. The van der Waals surface area contributed by atoms with Crippen LogP contribution in [0.2, 0.25) is 0 Å². The molecule has 2 aromatic rings. The van der Waals surface area contributed by atoms with Crippen molar-refractivity contribution in [3.8, 4) is 5.75 Å². The molecule has 1 atom stereocenters. The van der Waals surface area contributed by atoms with Crippen molar-refractivity contribution < 1.29 is 13.9 Å². The second-order valence-electron chi connectivity index (χ2n) is 5.63. The molecule has 1 N–H and O–H groups in total. The molecular weight excluding hydrogens is 307 g/mol. The maximum absolute atomic E-state index is 13.1. The summed E-state index contributed by atoms with van der Waals surface area (Å²) < 4.78 is 18.2. The molecule has 0 bridgehead atoms. The van der Waals surface area contributed by atoms with Gasteiger partial charge in [-0.15, -0.1) is 0 Å². The molecule has 0 aliphatic carbocycles. The van der Waals surface area contributed by atoms with Crippen molar-refractivity contribution in [3.63, 3.8) is 0 Å². The summed E-state index contributed by atoms with van der Waals surface area (Å²) in [5.41, 5.74) is 1.62. The van der Waals surface area contributed by atoms with E-state index in [1.807, 2.05) is 0 Å². The predicted molar refractivity (Wildman–Crippen MR) is 93.8 cm³/mol. The van der Waals surface area contributed by atoms with Crippen molar-refractivity contribution in [1.82, 2.24) is 4.90 Å². The third kappa shape index (κ3) is 4.47. The first-order chi connectivity index (χ1) is 11.5. The molecule has 0 fully saturated rings. The molecule has 0 spiro atoms. The van der Waals surface area contributed by atoms with E-state index in [1.165, 1.54) is 12.1 Å². The van der Waals surface area contributed by atoms with Gasteiger partial charge in [0.25, 0.3) is 0 Å². The number of rotatable bonds is 6. The molecule has 2 amide bonds. The van der Waals surface area contributed by atoms with E-state index in [4.69, 9.17) is 4.74 Å². The van der Waals surface area contributed by atoms with Gasteiger partial charge in [-0.3, -0.25) is 0 Å². The lowest BCUT2D eigenvalue weighted by molar-refractivity contribution is 0.200. The fraction of sp³-hybridized carbons (Fsp3) is 0.316. The maximum atomic E-state index is 13.1. The number of halogens is 1. The summed E-state index contributed by atoms with van der Waals surface area (Å²) in [6.45, 7) is 2.06. The zero-order valence-corrected chi connectivity index (χ0v) is 14.3. The average molecular weight is 330 g/mol. The van der Waals surface area contributed by atoms with E-state index in [2.05, 4.69) is 12.2 Å². The van der Waals surface area contributed by atoms with Gasteiger partial charge in [0.1, 0.15) is 11.6 Å². The number of benzene rings is 2. The molecule has 0 aliphatic rings. The number of nitrogens with one attached hydrogen (secondary N) is 1. The largest absolute Gasteiger partial charge is 0.497 e. The van der Waals surface area contributed by atoms with E-state index in [9.17, 15) is 9.18 Å². The molecule has 0 aliphatic heterocycles. The quantitative estimate of drug-likeness (QED) is 0.823. The molecule has 0 aromatic heterocycles. The number of methoxy groups -OCH3 is 1. The number of carbonyl (C=O) groups is 1. The normalized spacial score (nSPS) is 11.7. The zero-order valence-electron chi connectivity index (χ0n) is 14.3. The lowest BCUT2D eigenvalue weighted by Gasteiger charge is -2.28. The highest BCUT2D eigenvalue weighted by atomic mass is 19.1. The van der Waals surface area contributed by atoms with Gasteiger partial charge < -0.3 is 15.0 Å². The van der Waals surface area contributed by atoms with E-state index in [0.29, 0.717) is 5.69 Å². The summed E-state index contributed by atoms with van der Waals surface area (Å²) in [6, 6.07) is 13.2. The summed E-state index contributed by atoms with van der Waals surface area (Å²) in [5, 5.41) is 2.87. The zero-order chi connectivity index (χ0) is 17.5. The van der Waals surface area contributed by atoms with Crippen LogP contribution in [0.25, 0.3) is 0 Å². The van der Waals surface area contributed by atoms with Gasteiger partial charge in [-0.2, -0.15) is 0 Å². The summed E-state index contributed by atoms with van der Waals surface area (Å²) in [5.74, 6) is 0.455. The molecule has 0 heterocycles. The molecular formula is C19H23FN2O2. The second kappa shape index (κ2) is 8.34. The van der Waals surface area contributed by atoms with Crippen LogP contribution in [0, 0.1) is 5.82 Å². The first-order valence-corrected chi connectivity index (χ1v) is 7.98. The number of anilines is 1. The standard InChI is InChI=1S/C19H23FN2O2/c1-4-5-18(14-6-8-15(20)9-7-14)22(2)19(23)21-16-10-12-17(24-3)13-11-16/h6-13,18H,4-5H2,1-3H3,(H,21,23). The average Bonchev–Trinajstić information content (AvgIpc) is 2.60. The van der Waals surface area contributed by atoms with Gasteiger partial charge in [-0.05, 0) is 48.4 Å². The summed E-state index contributed by atoms with van der Waals surface area (Å²) >= 11 is 0. The van der Waals surface area contributed by atoms with Crippen LogP contribution in [-0.4, -0.2) is 25.1 Å². The van der Waals surface area contributed by atoms with Gasteiger partial charge in [0.2, 0.25) is 0 Å². The third-order valence-electron chi connectivity index (χ3n) is 3.95. The van der Waals surface area contributed by atoms with Crippen molar-refractivity contribution in [2.24, 2.45) is 0 Å². The van der Waals surface area contributed by atoms with Gasteiger partial charge in [0.15, 0.2) is 0 Å². The molecule has 2 rings (SSSR count). The first-order valence-electron chi connectivity index (χ1n) is 7.98. The predicted octanol–water partition coefficient (Wildman–Crippen LogP) is 4.84. The van der Waals surface area contributed by atoms with Crippen molar-refractivity contribution in [2.45, 2.75) is 25.8 Å². The number of amides is 2. The Balaban J connectivity index is 2.11. The Labute approximate surface area is 142 Å². The molecule has 1 unspecified atom stereocenters. The molecule has 5 heteroatoms.